The van der Waals surface area contributed by atoms with Gasteiger partial charge in [0.2, 0.25) is 5.91 Å². The molecule has 18 heavy (non-hydrogen) atoms. The van der Waals surface area contributed by atoms with Crippen LogP contribution in [0.25, 0.3) is 0 Å². The van der Waals surface area contributed by atoms with E-state index in [0.29, 0.717) is 0 Å². The summed E-state index contributed by atoms with van der Waals surface area (Å²) in [5, 5.41) is 11.7. The van der Waals surface area contributed by atoms with Gasteiger partial charge < -0.3 is 5.32 Å². The van der Waals surface area contributed by atoms with Crippen molar-refractivity contribution in [3.63, 3.8) is 0 Å². The molecule has 0 radical (unpaired) electrons. The third-order valence-electron chi connectivity index (χ3n) is 3.65. The van der Waals surface area contributed by atoms with Crippen molar-refractivity contribution >= 4 is 5.91 Å². The van der Waals surface area contributed by atoms with E-state index in [-0.39, 0.29) is 17.9 Å². The molecule has 2 rings (SSSR count). The van der Waals surface area contributed by atoms with Crippen molar-refractivity contribution in [2.24, 2.45) is 0 Å². The lowest BCUT2D eigenvalue weighted by atomic mass is 9.87. The Balaban J connectivity index is 2.27. The van der Waals surface area contributed by atoms with Gasteiger partial charge in [0.15, 0.2) is 0 Å². The Labute approximate surface area is 108 Å². The molecular formula is C15H18N2O. The maximum atomic E-state index is 11.7. The minimum atomic E-state index is -0.250. The van der Waals surface area contributed by atoms with E-state index in [1.165, 1.54) is 11.1 Å². The fourth-order valence-corrected chi connectivity index (χ4v) is 2.79. The van der Waals surface area contributed by atoms with Crippen molar-refractivity contribution in [1.29, 1.82) is 5.26 Å². The molecule has 1 fully saturated rings. The third kappa shape index (κ3) is 2.53. The molecule has 0 saturated heterocycles. The van der Waals surface area contributed by atoms with E-state index in [4.69, 9.17) is 5.26 Å². The van der Waals surface area contributed by atoms with E-state index < -0.39 is 0 Å². The van der Waals surface area contributed by atoms with Crippen molar-refractivity contribution in [2.75, 3.05) is 0 Å². The quantitative estimate of drug-likeness (QED) is 0.886. The van der Waals surface area contributed by atoms with E-state index in [2.05, 4.69) is 30.4 Å². The molecule has 1 aliphatic carbocycles. The second-order valence-corrected chi connectivity index (χ2v) is 5.04. The van der Waals surface area contributed by atoms with Crippen LogP contribution in [0, 0.1) is 18.3 Å². The molecule has 0 bridgehead atoms. The lowest BCUT2D eigenvalue weighted by Crippen LogP contribution is -2.43. The zero-order chi connectivity index (χ0) is 13.0. The van der Waals surface area contributed by atoms with Gasteiger partial charge in [-0.3, -0.25) is 4.79 Å². The normalized spacial score (nSPS) is 17.1. The number of hydrogen-bond donors (Lipinski definition) is 1. The zero-order valence-electron chi connectivity index (χ0n) is 10.7. The predicted octanol–water partition coefficient (Wildman–Crippen LogP) is 2.79. The van der Waals surface area contributed by atoms with Crippen LogP contribution in [-0.2, 0) is 10.3 Å². The van der Waals surface area contributed by atoms with Crippen LogP contribution in [0.1, 0.15) is 43.2 Å². The molecule has 0 atom stereocenters. The summed E-state index contributed by atoms with van der Waals surface area (Å²) < 4.78 is 0. The average molecular weight is 242 g/mol. The molecule has 0 aromatic heterocycles. The molecule has 1 amide bonds. The largest absolute Gasteiger partial charge is 0.346 e. The molecule has 3 nitrogen and oxygen atoms in total. The number of hydrogen-bond acceptors (Lipinski definition) is 2. The first-order valence-corrected chi connectivity index (χ1v) is 6.41. The van der Waals surface area contributed by atoms with Gasteiger partial charge >= 0.3 is 0 Å². The van der Waals surface area contributed by atoms with Crippen molar-refractivity contribution in [3.8, 4) is 6.07 Å². The second kappa shape index (κ2) is 5.22. The number of rotatable bonds is 3. The highest BCUT2D eigenvalue weighted by Crippen LogP contribution is 2.39. The zero-order valence-corrected chi connectivity index (χ0v) is 10.7. The molecule has 1 saturated carbocycles. The van der Waals surface area contributed by atoms with Crippen molar-refractivity contribution in [2.45, 2.75) is 44.6 Å². The van der Waals surface area contributed by atoms with Crippen LogP contribution >= 0.6 is 0 Å². The third-order valence-corrected chi connectivity index (χ3v) is 3.65. The Kier molecular flexibility index (Phi) is 3.66. The molecule has 1 aromatic carbocycles. The van der Waals surface area contributed by atoms with Gasteiger partial charge in [0.25, 0.3) is 0 Å². The molecule has 0 aliphatic heterocycles. The van der Waals surface area contributed by atoms with Crippen LogP contribution < -0.4 is 5.32 Å². The van der Waals surface area contributed by atoms with Gasteiger partial charge in [-0.1, -0.05) is 42.7 Å². The minimum absolute atomic E-state index is 0.0619. The number of aryl methyl sites for hydroxylation is 1. The monoisotopic (exact) mass is 242 g/mol. The Morgan fingerprint density at radius 1 is 1.44 bits per heavy atom. The molecule has 1 aromatic rings. The molecule has 0 heterocycles. The van der Waals surface area contributed by atoms with Crippen LogP contribution in [0.3, 0.4) is 0 Å². The highest BCUT2D eigenvalue weighted by Gasteiger charge is 2.36. The van der Waals surface area contributed by atoms with Gasteiger partial charge in [0.1, 0.15) is 6.42 Å². The summed E-state index contributed by atoms with van der Waals surface area (Å²) in [6, 6.07) is 10.2. The summed E-state index contributed by atoms with van der Waals surface area (Å²) in [6.45, 7) is 2.06. The van der Waals surface area contributed by atoms with Gasteiger partial charge in [0.05, 0.1) is 11.6 Å². The Morgan fingerprint density at radius 3 is 2.78 bits per heavy atom. The van der Waals surface area contributed by atoms with Crippen LogP contribution in [0.2, 0.25) is 0 Å². The molecule has 94 valence electrons. The predicted molar refractivity (Wildman–Crippen MR) is 69.7 cm³/mol. The second-order valence-electron chi connectivity index (χ2n) is 5.04. The number of amides is 1. The summed E-state index contributed by atoms with van der Waals surface area (Å²) >= 11 is 0. The number of benzene rings is 1. The van der Waals surface area contributed by atoms with E-state index in [1.807, 2.05) is 12.1 Å². The van der Waals surface area contributed by atoms with Crippen LogP contribution in [0.5, 0.6) is 0 Å². The van der Waals surface area contributed by atoms with Gasteiger partial charge in [-0.25, -0.2) is 0 Å². The Hall–Kier alpha value is -1.82. The number of nitriles is 1. The number of carbonyl (C=O) groups excluding carboxylic acids is 1. The Morgan fingerprint density at radius 2 is 2.17 bits per heavy atom. The van der Waals surface area contributed by atoms with Gasteiger partial charge in [-0.2, -0.15) is 5.26 Å². The lowest BCUT2D eigenvalue weighted by Gasteiger charge is -2.31. The fourth-order valence-electron chi connectivity index (χ4n) is 2.79. The van der Waals surface area contributed by atoms with Crippen molar-refractivity contribution < 1.29 is 4.79 Å². The summed E-state index contributed by atoms with van der Waals surface area (Å²) in [7, 11) is 0. The molecule has 1 N–H and O–H groups in total. The first kappa shape index (κ1) is 12.6. The highest BCUT2D eigenvalue weighted by atomic mass is 16.1. The maximum absolute atomic E-state index is 11.7. The fraction of sp³-hybridized carbons (Fsp3) is 0.467. The van der Waals surface area contributed by atoms with E-state index in [1.54, 1.807) is 0 Å². The first-order valence-electron chi connectivity index (χ1n) is 6.41. The van der Waals surface area contributed by atoms with Crippen molar-refractivity contribution in [3.05, 3.63) is 35.4 Å². The molecule has 0 spiro atoms. The summed E-state index contributed by atoms with van der Waals surface area (Å²) in [6.07, 6.45) is 4.12. The Bertz CT molecular complexity index is 482. The minimum Gasteiger partial charge on any atom is -0.346 e. The SMILES string of the molecule is Cc1cccc(C2(NC(=O)CC#N)CCCC2)c1. The number of nitrogens with zero attached hydrogens (tertiary/aromatic N) is 1. The maximum Gasteiger partial charge on any atom is 0.234 e. The molecule has 1 aliphatic rings. The topological polar surface area (TPSA) is 52.9 Å². The molecular weight excluding hydrogens is 224 g/mol. The first-order chi connectivity index (χ1) is 8.66. The summed E-state index contributed by atoms with van der Waals surface area (Å²) in [5.41, 5.74) is 2.12. The van der Waals surface area contributed by atoms with Crippen LogP contribution in [0.15, 0.2) is 24.3 Å². The van der Waals surface area contributed by atoms with Crippen molar-refractivity contribution in [1.82, 2.24) is 5.32 Å². The molecule has 0 unspecified atom stereocenters. The van der Waals surface area contributed by atoms with E-state index in [9.17, 15) is 4.79 Å². The average Bonchev–Trinajstić information content (AvgIpc) is 2.79. The summed E-state index contributed by atoms with van der Waals surface area (Å²) in [4.78, 5) is 11.7. The number of carbonyl (C=O) groups is 1. The number of nitrogens with one attached hydrogen (secondary N) is 1. The van der Waals surface area contributed by atoms with Gasteiger partial charge in [-0.05, 0) is 25.3 Å². The standard InChI is InChI=1S/C15H18N2O/c1-12-5-4-6-13(11-12)15(8-2-3-9-15)17-14(18)7-10-16/h4-6,11H,2-3,7-9H2,1H3,(H,17,18). The van der Waals surface area contributed by atoms with Gasteiger partial charge in [0, 0.05) is 0 Å². The lowest BCUT2D eigenvalue weighted by molar-refractivity contribution is -0.122. The van der Waals surface area contributed by atoms with Gasteiger partial charge in [-0.15, -0.1) is 0 Å². The van der Waals surface area contributed by atoms with Crippen LogP contribution in [0.4, 0.5) is 0 Å². The van der Waals surface area contributed by atoms with E-state index in [0.717, 1.165) is 25.7 Å². The highest BCUT2D eigenvalue weighted by molar-refractivity contribution is 5.79. The molecule has 3 heteroatoms. The summed E-state index contributed by atoms with van der Waals surface area (Å²) in [5.74, 6) is -0.166. The van der Waals surface area contributed by atoms with Crippen LogP contribution in [-0.4, -0.2) is 5.91 Å². The smallest absolute Gasteiger partial charge is 0.234 e. The van der Waals surface area contributed by atoms with E-state index >= 15 is 0 Å².